The molecule has 2 aliphatic heterocycles. The highest BCUT2D eigenvalue weighted by atomic mass is 35.5. The van der Waals surface area contributed by atoms with Crippen molar-refractivity contribution in [1.82, 2.24) is 14.8 Å². The van der Waals surface area contributed by atoms with E-state index in [9.17, 15) is 18.0 Å². The number of hydrogen-bond acceptors (Lipinski definition) is 4. The molecule has 0 saturated carbocycles. The Balaban J connectivity index is 1.40. The minimum Gasteiger partial charge on any atom is -0.437 e. The number of benzene rings is 1. The molecule has 2 aromatic rings. The number of ether oxygens (including phenoxy) is 1. The van der Waals surface area contributed by atoms with Gasteiger partial charge in [0.15, 0.2) is 6.10 Å². The minimum atomic E-state index is -4.55. The standard InChI is InChI=1S/C22H25ClF3N3O2/c1-15(22(24,25)26)31-20(30)28-11-8-21(9-12-28)7-2-10-29(21)14-18-5-3-16-13-17(23)4-6-19(16)27-18/h3-6,13,15H,2,7-12,14H2,1H3. The second-order valence-electron chi connectivity index (χ2n) is 8.44. The van der Waals surface area contributed by atoms with Crippen LogP contribution in [0.25, 0.3) is 10.9 Å². The molecule has 0 aliphatic carbocycles. The van der Waals surface area contributed by atoms with Crippen LogP contribution in [0.5, 0.6) is 0 Å². The third kappa shape index (κ3) is 4.75. The van der Waals surface area contributed by atoms with Gasteiger partial charge in [-0.2, -0.15) is 13.2 Å². The number of likely N-dealkylation sites (tertiary alicyclic amines) is 2. The number of fused-ring (bicyclic) bond motifs is 1. The van der Waals surface area contributed by atoms with Crippen molar-refractivity contribution in [2.75, 3.05) is 19.6 Å². The Labute approximate surface area is 184 Å². The van der Waals surface area contributed by atoms with Crippen molar-refractivity contribution in [3.05, 3.63) is 41.0 Å². The van der Waals surface area contributed by atoms with Gasteiger partial charge in [0.2, 0.25) is 0 Å². The van der Waals surface area contributed by atoms with Gasteiger partial charge in [0.05, 0.1) is 11.2 Å². The molecule has 31 heavy (non-hydrogen) atoms. The summed E-state index contributed by atoms with van der Waals surface area (Å²) in [5.74, 6) is 0. The molecule has 0 radical (unpaired) electrons. The predicted octanol–water partition coefficient (Wildman–Crippen LogP) is 5.41. The van der Waals surface area contributed by atoms with Crippen LogP contribution in [0.2, 0.25) is 5.02 Å². The molecule has 2 aliphatic rings. The molecule has 3 heterocycles. The van der Waals surface area contributed by atoms with Gasteiger partial charge in [-0.3, -0.25) is 9.88 Å². The molecule has 1 aromatic carbocycles. The molecule has 2 fully saturated rings. The van der Waals surface area contributed by atoms with E-state index in [2.05, 4.69) is 9.64 Å². The largest absolute Gasteiger partial charge is 0.437 e. The van der Waals surface area contributed by atoms with Gasteiger partial charge in [0.25, 0.3) is 0 Å². The molecular formula is C22H25ClF3N3O2. The first-order valence-electron chi connectivity index (χ1n) is 10.5. The Morgan fingerprint density at radius 3 is 2.65 bits per heavy atom. The number of carbonyl (C=O) groups excluding carboxylic acids is 1. The van der Waals surface area contributed by atoms with Gasteiger partial charge in [-0.15, -0.1) is 0 Å². The Hall–Kier alpha value is -2.06. The van der Waals surface area contributed by atoms with Crippen LogP contribution in [-0.2, 0) is 11.3 Å². The third-order valence-electron chi connectivity index (χ3n) is 6.49. The summed E-state index contributed by atoms with van der Waals surface area (Å²) >= 11 is 6.05. The number of alkyl halides is 3. The van der Waals surface area contributed by atoms with Crippen LogP contribution in [0.1, 0.15) is 38.3 Å². The lowest BCUT2D eigenvalue weighted by Gasteiger charge is -2.44. The normalized spacial score (nSPS) is 20.4. The molecule has 1 atom stereocenters. The van der Waals surface area contributed by atoms with Crippen molar-refractivity contribution < 1.29 is 22.7 Å². The van der Waals surface area contributed by atoms with Crippen molar-refractivity contribution in [2.45, 2.75) is 57.0 Å². The zero-order chi connectivity index (χ0) is 22.2. The van der Waals surface area contributed by atoms with E-state index in [1.54, 1.807) is 0 Å². The fourth-order valence-electron chi connectivity index (χ4n) is 4.63. The molecule has 2 saturated heterocycles. The average Bonchev–Trinajstić information content (AvgIpc) is 3.09. The van der Waals surface area contributed by atoms with Crippen LogP contribution in [0.15, 0.2) is 30.3 Å². The summed E-state index contributed by atoms with van der Waals surface area (Å²) in [7, 11) is 0. The highest BCUT2D eigenvalue weighted by molar-refractivity contribution is 6.31. The van der Waals surface area contributed by atoms with Crippen LogP contribution >= 0.6 is 11.6 Å². The number of pyridine rings is 1. The second-order valence-corrected chi connectivity index (χ2v) is 8.88. The monoisotopic (exact) mass is 455 g/mol. The third-order valence-corrected chi connectivity index (χ3v) is 6.73. The molecule has 4 rings (SSSR count). The maximum atomic E-state index is 12.7. The van der Waals surface area contributed by atoms with Crippen molar-refractivity contribution in [3.8, 4) is 0 Å². The molecular weight excluding hydrogens is 431 g/mol. The van der Waals surface area contributed by atoms with Gasteiger partial charge < -0.3 is 9.64 Å². The molecule has 1 unspecified atom stereocenters. The number of aromatic nitrogens is 1. The molecule has 0 N–H and O–H groups in total. The van der Waals surface area contributed by atoms with E-state index in [4.69, 9.17) is 16.6 Å². The summed E-state index contributed by atoms with van der Waals surface area (Å²) in [6.07, 6.45) is -4.05. The number of carbonyl (C=O) groups is 1. The van der Waals surface area contributed by atoms with Crippen molar-refractivity contribution in [1.29, 1.82) is 0 Å². The van der Waals surface area contributed by atoms with Crippen molar-refractivity contribution in [2.24, 2.45) is 0 Å². The lowest BCUT2D eigenvalue weighted by Crippen LogP contribution is -2.53. The number of hydrogen-bond donors (Lipinski definition) is 0. The molecule has 1 amide bonds. The van der Waals surface area contributed by atoms with E-state index < -0.39 is 18.4 Å². The highest BCUT2D eigenvalue weighted by Crippen LogP contribution is 2.39. The summed E-state index contributed by atoms with van der Waals surface area (Å²) in [5, 5.41) is 1.67. The molecule has 9 heteroatoms. The fraction of sp³-hybridized carbons (Fsp3) is 0.545. The second kappa shape index (κ2) is 8.47. The van der Waals surface area contributed by atoms with E-state index in [0.29, 0.717) is 37.5 Å². The van der Waals surface area contributed by atoms with E-state index in [-0.39, 0.29) is 5.54 Å². The Kier molecular flexibility index (Phi) is 6.05. The summed E-state index contributed by atoms with van der Waals surface area (Å²) in [6.45, 7) is 3.28. The van der Waals surface area contributed by atoms with Gasteiger partial charge in [-0.25, -0.2) is 4.79 Å². The van der Waals surface area contributed by atoms with Crippen LogP contribution < -0.4 is 0 Å². The molecule has 1 spiro atoms. The van der Waals surface area contributed by atoms with Gasteiger partial charge >= 0.3 is 12.3 Å². The van der Waals surface area contributed by atoms with Gasteiger partial charge in [-0.05, 0) is 63.4 Å². The summed E-state index contributed by atoms with van der Waals surface area (Å²) in [4.78, 5) is 20.7. The number of amides is 1. The summed E-state index contributed by atoms with van der Waals surface area (Å²) in [5.41, 5.74) is 1.81. The summed E-state index contributed by atoms with van der Waals surface area (Å²) < 4.78 is 42.6. The van der Waals surface area contributed by atoms with Crippen LogP contribution in [-0.4, -0.2) is 58.3 Å². The smallest absolute Gasteiger partial charge is 0.425 e. The van der Waals surface area contributed by atoms with E-state index in [1.807, 2.05) is 30.3 Å². The zero-order valence-corrected chi connectivity index (χ0v) is 18.0. The maximum absolute atomic E-state index is 12.7. The average molecular weight is 456 g/mol. The van der Waals surface area contributed by atoms with E-state index in [1.165, 1.54) is 4.90 Å². The van der Waals surface area contributed by atoms with Crippen molar-refractivity contribution >= 4 is 28.6 Å². The van der Waals surface area contributed by atoms with Crippen LogP contribution in [0, 0.1) is 0 Å². The van der Waals surface area contributed by atoms with Crippen LogP contribution in [0.4, 0.5) is 18.0 Å². The Morgan fingerprint density at radius 2 is 1.94 bits per heavy atom. The van der Waals surface area contributed by atoms with Gasteiger partial charge in [0.1, 0.15) is 0 Å². The van der Waals surface area contributed by atoms with Gasteiger partial charge in [0, 0.05) is 35.6 Å². The predicted molar refractivity (Wildman–Crippen MR) is 112 cm³/mol. The fourth-order valence-corrected chi connectivity index (χ4v) is 4.81. The Morgan fingerprint density at radius 1 is 1.19 bits per heavy atom. The van der Waals surface area contributed by atoms with Crippen molar-refractivity contribution in [3.63, 3.8) is 0 Å². The first-order valence-corrected chi connectivity index (χ1v) is 10.9. The summed E-state index contributed by atoms with van der Waals surface area (Å²) in [6, 6.07) is 9.65. The SMILES string of the molecule is CC(OC(=O)N1CCC2(CCCN2Cc2ccc3cc(Cl)ccc3n2)CC1)C(F)(F)F. The number of piperidine rings is 1. The number of rotatable bonds is 3. The van der Waals surface area contributed by atoms with E-state index in [0.717, 1.165) is 42.9 Å². The first kappa shape index (κ1) is 22.1. The lowest BCUT2D eigenvalue weighted by molar-refractivity contribution is -0.200. The zero-order valence-electron chi connectivity index (χ0n) is 17.3. The Bertz CT molecular complexity index is 961. The molecule has 0 bridgehead atoms. The maximum Gasteiger partial charge on any atom is 0.425 e. The van der Waals surface area contributed by atoms with Gasteiger partial charge in [-0.1, -0.05) is 17.7 Å². The topological polar surface area (TPSA) is 45.7 Å². The number of halogens is 4. The lowest BCUT2D eigenvalue weighted by atomic mass is 9.85. The first-order chi connectivity index (χ1) is 14.7. The van der Waals surface area contributed by atoms with E-state index >= 15 is 0 Å². The van der Waals surface area contributed by atoms with Crippen LogP contribution in [0.3, 0.4) is 0 Å². The quantitative estimate of drug-likeness (QED) is 0.621. The highest BCUT2D eigenvalue weighted by Gasteiger charge is 2.45. The minimum absolute atomic E-state index is 0.0525. The molecule has 1 aromatic heterocycles. The molecule has 5 nitrogen and oxygen atoms in total. The molecule has 168 valence electrons. The number of nitrogens with zero attached hydrogens (tertiary/aromatic N) is 3.